The van der Waals surface area contributed by atoms with Crippen molar-refractivity contribution < 1.29 is 17.9 Å². The van der Waals surface area contributed by atoms with Crippen molar-refractivity contribution in [2.24, 2.45) is 11.8 Å². The molecule has 0 aromatic heterocycles. The Labute approximate surface area is 120 Å². The number of fused-ring (bicyclic) bond motifs is 1. The summed E-state index contributed by atoms with van der Waals surface area (Å²) in [5.41, 5.74) is 0. The van der Waals surface area contributed by atoms with Crippen LogP contribution >= 0.6 is 0 Å². The van der Waals surface area contributed by atoms with Crippen LogP contribution in [-0.2, 0) is 19.6 Å². The smallest absolute Gasteiger partial charge is 0.226 e. The molecule has 4 atom stereocenters. The molecule has 3 rings (SSSR count). The summed E-state index contributed by atoms with van der Waals surface area (Å²) in [6.45, 7) is 4.08. The summed E-state index contributed by atoms with van der Waals surface area (Å²) in [6.07, 6.45) is 2.86. The highest BCUT2D eigenvalue weighted by atomic mass is 32.2. The van der Waals surface area contributed by atoms with E-state index in [-0.39, 0.29) is 24.0 Å². The predicted octanol–water partition coefficient (Wildman–Crippen LogP) is -0.0963. The van der Waals surface area contributed by atoms with E-state index in [4.69, 9.17) is 4.74 Å². The maximum atomic E-state index is 12.3. The molecule has 2 unspecified atom stereocenters. The molecule has 6 nitrogen and oxygen atoms in total. The normalized spacial score (nSPS) is 38.4. The van der Waals surface area contributed by atoms with Crippen molar-refractivity contribution in [2.75, 3.05) is 32.5 Å². The summed E-state index contributed by atoms with van der Waals surface area (Å²) in [4.78, 5) is 14.2. The quantitative estimate of drug-likeness (QED) is 0.715. The van der Waals surface area contributed by atoms with Gasteiger partial charge in [-0.05, 0) is 18.8 Å². The average molecular weight is 302 g/mol. The van der Waals surface area contributed by atoms with Crippen molar-refractivity contribution in [1.82, 2.24) is 9.21 Å². The third-order valence-corrected chi connectivity index (χ3v) is 6.00. The lowest BCUT2D eigenvalue weighted by atomic mass is 10.00. The van der Waals surface area contributed by atoms with Gasteiger partial charge in [0.05, 0.1) is 25.0 Å². The molecule has 0 bridgehead atoms. The van der Waals surface area contributed by atoms with Crippen LogP contribution < -0.4 is 0 Å². The van der Waals surface area contributed by atoms with E-state index in [1.165, 1.54) is 10.6 Å². The molecule has 2 aliphatic heterocycles. The van der Waals surface area contributed by atoms with Crippen LogP contribution in [0.25, 0.3) is 0 Å². The minimum atomic E-state index is -3.25. The SMILES string of the molecule is CC1CC1C(=O)N1CC[C@H]2OCCN(S(C)(=O)=O)[C@@H]2C1. The second kappa shape index (κ2) is 4.96. The number of rotatable bonds is 2. The van der Waals surface area contributed by atoms with E-state index < -0.39 is 10.0 Å². The third kappa shape index (κ3) is 2.58. The minimum absolute atomic E-state index is 0.0702. The highest BCUT2D eigenvalue weighted by Crippen LogP contribution is 2.40. The van der Waals surface area contributed by atoms with Crippen LogP contribution in [-0.4, -0.2) is 68.2 Å². The van der Waals surface area contributed by atoms with Crippen molar-refractivity contribution in [2.45, 2.75) is 31.9 Å². The van der Waals surface area contributed by atoms with Crippen molar-refractivity contribution in [3.8, 4) is 0 Å². The Balaban J connectivity index is 1.73. The van der Waals surface area contributed by atoms with Gasteiger partial charge in [-0.3, -0.25) is 4.79 Å². The van der Waals surface area contributed by atoms with Crippen LogP contribution in [0.1, 0.15) is 19.8 Å². The maximum absolute atomic E-state index is 12.3. The first-order valence-corrected chi connectivity index (χ1v) is 9.10. The van der Waals surface area contributed by atoms with Crippen molar-refractivity contribution in [1.29, 1.82) is 0 Å². The van der Waals surface area contributed by atoms with E-state index >= 15 is 0 Å². The molecule has 1 amide bonds. The molecule has 2 heterocycles. The topological polar surface area (TPSA) is 66.9 Å². The Hall–Kier alpha value is -0.660. The molecule has 1 saturated carbocycles. The first-order chi connectivity index (χ1) is 9.38. The van der Waals surface area contributed by atoms with Crippen LogP contribution in [0.5, 0.6) is 0 Å². The molecule has 0 radical (unpaired) electrons. The summed E-state index contributed by atoms with van der Waals surface area (Å²) in [6, 6.07) is -0.217. The Morgan fingerprint density at radius 1 is 1.30 bits per heavy atom. The number of morpholine rings is 1. The first-order valence-electron chi connectivity index (χ1n) is 7.25. The summed E-state index contributed by atoms with van der Waals surface area (Å²) in [7, 11) is -3.25. The lowest BCUT2D eigenvalue weighted by Gasteiger charge is -2.45. The fourth-order valence-corrected chi connectivity index (χ4v) is 4.45. The number of piperidine rings is 1. The molecule has 7 heteroatoms. The highest BCUT2D eigenvalue weighted by molar-refractivity contribution is 7.88. The van der Waals surface area contributed by atoms with E-state index in [9.17, 15) is 13.2 Å². The Bertz CT molecular complexity index is 507. The monoisotopic (exact) mass is 302 g/mol. The standard InChI is InChI=1S/C13H22N2O4S/c1-9-7-10(9)13(16)14-4-3-12-11(8-14)15(5-6-19-12)20(2,17)18/h9-12H,3-8H2,1-2H3/t9?,10?,11-,12-/m1/s1. The van der Waals surface area contributed by atoms with Gasteiger partial charge in [-0.1, -0.05) is 6.92 Å². The van der Waals surface area contributed by atoms with Crippen LogP contribution in [0.2, 0.25) is 0 Å². The second-order valence-corrected chi connectivity index (χ2v) is 8.18. The summed E-state index contributed by atoms with van der Waals surface area (Å²) in [5.74, 6) is 0.826. The lowest BCUT2D eigenvalue weighted by Crippen LogP contribution is -2.62. The first kappa shape index (κ1) is 14.3. The fraction of sp³-hybridized carbons (Fsp3) is 0.923. The number of sulfonamides is 1. The molecule has 0 aromatic rings. The van der Waals surface area contributed by atoms with Crippen LogP contribution in [0.3, 0.4) is 0 Å². The van der Waals surface area contributed by atoms with E-state index in [2.05, 4.69) is 6.92 Å². The van der Waals surface area contributed by atoms with Gasteiger partial charge in [0.15, 0.2) is 0 Å². The van der Waals surface area contributed by atoms with Gasteiger partial charge >= 0.3 is 0 Å². The van der Waals surface area contributed by atoms with Crippen molar-refractivity contribution in [3.05, 3.63) is 0 Å². The average Bonchev–Trinajstić information content (AvgIpc) is 3.12. The van der Waals surface area contributed by atoms with Crippen LogP contribution in [0.15, 0.2) is 0 Å². The second-order valence-electron chi connectivity index (χ2n) is 6.24. The zero-order valence-electron chi connectivity index (χ0n) is 12.0. The van der Waals surface area contributed by atoms with Gasteiger partial charge in [0.2, 0.25) is 15.9 Å². The van der Waals surface area contributed by atoms with E-state index in [1.54, 1.807) is 0 Å². The van der Waals surface area contributed by atoms with Gasteiger partial charge in [0.1, 0.15) is 0 Å². The number of carbonyl (C=O) groups is 1. The molecule has 20 heavy (non-hydrogen) atoms. The minimum Gasteiger partial charge on any atom is -0.375 e. The van der Waals surface area contributed by atoms with Crippen LogP contribution in [0.4, 0.5) is 0 Å². The number of hydrogen-bond donors (Lipinski definition) is 0. The third-order valence-electron chi connectivity index (χ3n) is 4.70. The molecule has 0 spiro atoms. The molecule has 2 saturated heterocycles. The van der Waals surface area contributed by atoms with Gasteiger partial charge < -0.3 is 9.64 Å². The van der Waals surface area contributed by atoms with Gasteiger partial charge in [-0.25, -0.2) is 8.42 Å². The van der Waals surface area contributed by atoms with E-state index in [0.717, 1.165) is 12.8 Å². The number of ether oxygens (including phenoxy) is 1. The summed E-state index contributed by atoms with van der Waals surface area (Å²) in [5, 5.41) is 0. The van der Waals surface area contributed by atoms with Gasteiger partial charge in [0, 0.05) is 25.6 Å². The predicted molar refractivity (Wildman–Crippen MR) is 73.5 cm³/mol. The zero-order valence-corrected chi connectivity index (χ0v) is 12.8. The number of amides is 1. The number of hydrogen-bond acceptors (Lipinski definition) is 4. The van der Waals surface area contributed by atoms with Gasteiger partial charge in [-0.15, -0.1) is 0 Å². The Morgan fingerprint density at radius 2 is 2.00 bits per heavy atom. The lowest BCUT2D eigenvalue weighted by molar-refractivity contribution is -0.140. The number of likely N-dealkylation sites (tertiary alicyclic amines) is 1. The molecular weight excluding hydrogens is 280 g/mol. The van der Waals surface area contributed by atoms with E-state index in [0.29, 0.717) is 32.2 Å². The van der Waals surface area contributed by atoms with Gasteiger partial charge in [0.25, 0.3) is 0 Å². The molecule has 0 N–H and O–H groups in total. The van der Waals surface area contributed by atoms with E-state index in [1.807, 2.05) is 4.90 Å². The number of nitrogens with zero attached hydrogens (tertiary/aromatic N) is 2. The van der Waals surface area contributed by atoms with Crippen molar-refractivity contribution >= 4 is 15.9 Å². The molecule has 1 aliphatic carbocycles. The molecule has 0 aromatic carbocycles. The summed E-state index contributed by atoms with van der Waals surface area (Å²) >= 11 is 0. The molecular formula is C13H22N2O4S. The highest BCUT2D eigenvalue weighted by Gasteiger charge is 2.46. The van der Waals surface area contributed by atoms with Crippen molar-refractivity contribution in [3.63, 3.8) is 0 Å². The Morgan fingerprint density at radius 3 is 2.60 bits per heavy atom. The van der Waals surface area contributed by atoms with Crippen LogP contribution in [0, 0.1) is 11.8 Å². The van der Waals surface area contributed by atoms with Gasteiger partial charge in [-0.2, -0.15) is 4.31 Å². The summed E-state index contributed by atoms with van der Waals surface area (Å²) < 4.78 is 31.0. The zero-order chi connectivity index (χ0) is 14.5. The fourth-order valence-electron chi connectivity index (χ4n) is 3.35. The largest absolute Gasteiger partial charge is 0.375 e. The maximum Gasteiger partial charge on any atom is 0.226 e. The Kier molecular flexibility index (Phi) is 3.54. The molecule has 114 valence electrons. The molecule has 3 fully saturated rings. The number of carbonyl (C=O) groups excluding carboxylic acids is 1. The molecule has 3 aliphatic rings.